The third kappa shape index (κ3) is 4.80. The van der Waals surface area contributed by atoms with Crippen molar-refractivity contribution >= 4 is 27.8 Å². The highest BCUT2D eigenvalue weighted by Crippen LogP contribution is 2.07. The summed E-state index contributed by atoms with van der Waals surface area (Å²) in [5.74, 6) is -1.34. The number of hydrogen-bond donors (Lipinski definition) is 2. The zero-order chi connectivity index (χ0) is 13.5. The Hall–Kier alpha value is -1.47. The maximum absolute atomic E-state index is 11.7. The fraction of sp³-hybridized carbons (Fsp3) is 0.364. The van der Waals surface area contributed by atoms with E-state index < -0.39 is 12.1 Å². The highest BCUT2D eigenvalue weighted by atomic mass is 79.9. The number of nitrogens with zero attached hydrogens (tertiary/aromatic N) is 1. The molecule has 0 bridgehead atoms. The van der Waals surface area contributed by atoms with Crippen molar-refractivity contribution in [2.75, 3.05) is 13.7 Å². The van der Waals surface area contributed by atoms with E-state index in [0.29, 0.717) is 0 Å². The van der Waals surface area contributed by atoms with Crippen LogP contribution in [0.3, 0.4) is 0 Å². The summed E-state index contributed by atoms with van der Waals surface area (Å²) in [5, 5.41) is 11.2. The standard InChI is InChI=1S/C11H13BrN2O4/c1-18-8(4-10(15)16)6-14-11(17)9-3-2-7(12)5-13-9/h2-3,5,8H,4,6H2,1H3,(H,14,17)(H,15,16). The van der Waals surface area contributed by atoms with Crippen LogP contribution in [0.25, 0.3) is 0 Å². The van der Waals surface area contributed by atoms with Crippen molar-refractivity contribution in [1.82, 2.24) is 10.3 Å². The van der Waals surface area contributed by atoms with E-state index in [9.17, 15) is 9.59 Å². The monoisotopic (exact) mass is 316 g/mol. The molecule has 0 radical (unpaired) electrons. The molecule has 0 saturated carbocycles. The van der Waals surface area contributed by atoms with Crippen molar-refractivity contribution in [1.29, 1.82) is 0 Å². The minimum Gasteiger partial charge on any atom is -0.481 e. The number of aliphatic carboxylic acids is 1. The lowest BCUT2D eigenvalue weighted by Crippen LogP contribution is -2.34. The molecule has 6 nitrogen and oxygen atoms in total. The Labute approximate surface area is 112 Å². The van der Waals surface area contributed by atoms with E-state index in [0.717, 1.165) is 4.47 Å². The molecule has 7 heteroatoms. The first-order chi connectivity index (χ1) is 8.52. The molecule has 2 N–H and O–H groups in total. The molecule has 0 aliphatic carbocycles. The van der Waals surface area contributed by atoms with E-state index in [1.54, 1.807) is 12.1 Å². The van der Waals surface area contributed by atoms with Crippen LogP contribution in [0.15, 0.2) is 22.8 Å². The van der Waals surface area contributed by atoms with Gasteiger partial charge in [0.2, 0.25) is 0 Å². The van der Waals surface area contributed by atoms with Gasteiger partial charge in [0.1, 0.15) is 5.69 Å². The second-order valence-electron chi connectivity index (χ2n) is 3.53. The lowest BCUT2D eigenvalue weighted by atomic mass is 10.2. The maximum Gasteiger partial charge on any atom is 0.306 e. The first kappa shape index (κ1) is 14.6. The van der Waals surface area contributed by atoms with Crippen LogP contribution in [0.5, 0.6) is 0 Å². The normalized spacial score (nSPS) is 11.9. The van der Waals surface area contributed by atoms with Gasteiger partial charge in [-0.15, -0.1) is 0 Å². The van der Waals surface area contributed by atoms with E-state index in [2.05, 4.69) is 26.2 Å². The van der Waals surface area contributed by atoms with Crippen molar-refractivity contribution in [3.63, 3.8) is 0 Å². The zero-order valence-electron chi connectivity index (χ0n) is 9.72. The van der Waals surface area contributed by atoms with Gasteiger partial charge < -0.3 is 15.2 Å². The van der Waals surface area contributed by atoms with Crippen molar-refractivity contribution < 1.29 is 19.4 Å². The molecule has 1 heterocycles. The van der Waals surface area contributed by atoms with Crippen molar-refractivity contribution in [3.05, 3.63) is 28.5 Å². The van der Waals surface area contributed by atoms with Crippen molar-refractivity contribution in [2.45, 2.75) is 12.5 Å². The second kappa shape index (κ2) is 7.07. The molecule has 0 saturated heterocycles. The Morgan fingerprint density at radius 3 is 2.78 bits per heavy atom. The number of halogens is 1. The highest BCUT2D eigenvalue weighted by molar-refractivity contribution is 9.10. The van der Waals surface area contributed by atoms with E-state index in [-0.39, 0.29) is 24.6 Å². The van der Waals surface area contributed by atoms with Gasteiger partial charge in [0.25, 0.3) is 5.91 Å². The summed E-state index contributed by atoms with van der Waals surface area (Å²) < 4.78 is 5.72. The predicted molar refractivity (Wildman–Crippen MR) is 67.3 cm³/mol. The second-order valence-corrected chi connectivity index (χ2v) is 4.44. The molecule has 0 fully saturated rings. The number of carboxylic acid groups (broad SMARTS) is 1. The first-order valence-electron chi connectivity index (χ1n) is 5.17. The molecular weight excluding hydrogens is 304 g/mol. The minimum atomic E-state index is -0.974. The summed E-state index contributed by atoms with van der Waals surface area (Å²) >= 11 is 3.22. The van der Waals surface area contributed by atoms with Gasteiger partial charge in [-0.1, -0.05) is 0 Å². The Kier molecular flexibility index (Phi) is 5.73. The Balaban J connectivity index is 2.49. The average Bonchev–Trinajstić information content (AvgIpc) is 2.34. The third-order valence-corrected chi connectivity index (χ3v) is 2.66. The largest absolute Gasteiger partial charge is 0.481 e. The van der Waals surface area contributed by atoms with Gasteiger partial charge >= 0.3 is 5.97 Å². The summed E-state index contributed by atoms with van der Waals surface area (Å²) in [7, 11) is 1.40. The summed E-state index contributed by atoms with van der Waals surface area (Å²) in [6.45, 7) is 0.124. The molecule has 1 unspecified atom stereocenters. The van der Waals surface area contributed by atoms with E-state index >= 15 is 0 Å². The SMILES string of the molecule is COC(CNC(=O)c1ccc(Br)cn1)CC(=O)O. The van der Waals surface area contributed by atoms with Gasteiger partial charge in [0.05, 0.1) is 12.5 Å². The molecular formula is C11H13BrN2O4. The quantitative estimate of drug-likeness (QED) is 0.819. The fourth-order valence-corrected chi connectivity index (χ4v) is 1.48. The lowest BCUT2D eigenvalue weighted by molar-refractivity contribution is -0.139. The number of pyridine rings is 1. The van der Waals surface area contributed by atoms with Crippen LogP contribution < -0.4 is 5.32 Å². The molecule has 0 aliphatic heterocycles. The van der Waals surface area contributed by atoms with Crippen LogP contribution in [0.4, 0.5) is 0 Å². The number of ether oxygens (including phenoxy) is 1. The van der Waals surface area contributed by atoms with Crippen molar-refractivity contribution in [3.8, 4) is 0 Å². The zero-order valence-corrected chi connectivity index (χ0v) is 11.3. The van der Waals surface area contributed by atoms with E-state index in [1.807, 2.05) is 0 Å². The van der Waals surface area contributed by atoms with Gasteiger partial charge in [-0.3, -0.25) is 9.59 Å². The summed E-state index contributed by atoms with van der Waals surface area (Å²) in [5.41, 5.74) is 0.267. The highest BCUT2D eigenvalue weighted by Gasteiger charge is 2.14. The topological polar surface area (TPSA) is 88.5 Å². The summed E-state index contributed by atoms with van der Waals surface area (Å²) in [6, 6.07) is 3.27. The van der Waals surface area contributed by atoms with Crippen LogP contribution in [-0.2, 0) is 9.53 Å². The number of nitrogens with one attached hydrogen (secondary N) is 1. The maximum atomic E-state index is 11.7. The van der Waals surface area contributed by atoms with E-state index in [1.165, 1.54) is 13.3 Å². The molecule has 1 rings (SSSR count). The lowest BCUT2D eigenvalue weighted by Gasteiger charge is -2.13. The Morgan fingerprint density at radius 2 is 2.28 bits per heavy atom. The number of methoxy groups -OCH3 is 1. The fourth-order valence-electron chi connectivity index (χ4n) is 1.24. The number of carbonyl (C=O) groups is 2. The molecule has 0 aliphatic rings. The Bertz CT molecular complexity index is 422. The minimum absolute atomic E-state index is 0.124. The molecule has 0 spiro atoms. The van der Waals surface area contributed by atoms with E-state index in [4.69, 9.17) is 9.84 Å². The van der Waals surface area contributed by atoms with Gasteiger partial charge in [-0.2, -0.15) is 0 Å². The summed E-state index contributed by atoms with van der Waals surface area (Å²) in [4.78, 5) is 26.1. The van der Waals surface area contributed by atoms with Crippen LogP contribution in [0, 0.1) is 0 Å². The molecule has 18 heavy (non-hydrogen) atoms. The van der Waals surface area contributed by atoms with Gasteiger partial charge in [-0.25, -0.2) is 4.98 Å². The van der Waals surface area contributed by atoms with Gasteiger partial charge in [0.15, 0.2) is 0 Å². The smallest absolute Gasteiger partial charge is 0.306 e. The molecule has 1 aromatic heterocycles. The molecule has 1 atom stereocenters. The van der Waals surface area contributed by atoms with Crippen LogP contribution in [0.1, 0.15) is 16.9 Å². The molecule has 1 amide bonds. The van der Waals surface area contributed by atoms with Crippen LogP contribution in [0.2, 0.25) is 0 Å². The first-order valence-corrected chi connectivity index (χ1v) is 5.96. The van der Waals surface area contributed by atoms with Gasteiger partial charge in [-0.05, 0) is 28.1 Å². The predicted octanol–water partition coefficient (Wildman–Crippen LogP) is 1.06. The summed E-state index contributed by atoms with van der Waals surface area (Å²) in [6.07, 6.45) is 0.798. The molecule has 0 aromatic carbocycles. The van der Waals surface area contributed by atoms with Crippen LogP contribution >= 0.6 is 15.9 Å². The third-order valence-electron chi connectivity index (χ3n) is 2.19. The molecule has 98 valence electrons. The average molecular weight is 317 g/mol. The number of aromatic nitrogens is 1. The number of carboxylic acids is 1. The van der Waals surface area contributed by atoms with Crippen molar-refractivity contribution in [2.24, 2.45) is 0 Å². The van der Waals surface area contributed by atoms with Gasteiger partial charge in [0, 0.05) is 24.3 Å². The number of rotatable bonds is 6. The molecule has 1 aromatic rings. The number of amides is 1. The van der Waals surface area contributed by atoms with Crippen LogP contribution in [-0.4, -0.2) is 41.7 Å². The number of hydrogen-bond acceptors (Lipinski definition) is 4. The number of carbonyl (C=O) groups excluding carboxylic acids is 1. The Morgan fingerprint density at radius 1 is 1.56 bits per heavy atom.